The molecule has 0 spiro atoms. The Labute approximate surface area is 111 Å². The fourth-order valence-corrected chi connectivity index (χ4v) is 2.45. The Hall–Kier alpha value is -1.88. The summed E-state index contributed by atoms with van der Waals surface area (Å²) in [5.74, 6) is -1.23. The number of benzene rings is 1. The monoisotopic (exact) mass is 263 g/mol. The molecule has 1 aromatic carbocycles. The smallest absolute Gasteiger partial charge is 0.326 e. The first-order valence-corrected chi connectivity index (χ1v) is 6.26. The van der Waals surface area contributed by atoms with Crippen LogP contribution in [0, 0.1) is 0 Å². The first-order chi connectivity index (χ1) is 9.15. The number of rotatable bonds is 4. The summed E-state index contributed by atoms with van der Waals surface area (Å²) in [6.45, 7) is 0.475. The zero-order chi connectivity index (χ0) is 13.8. The molecule has 2 atom stereocenters. The zero-order valence-electron chi connectivity index (χ0n) is 10.8. The topological polar surface area (TPSA) is 66.8 Å². The van der Waals surface area contributed by atoms with E-state index in [9.17, 15) is 9.59 Å². The first kappa shape index (κ1) is 13.5. The molecule has 0 radical (unpaired) electrons. The third-order valence-electron chi connectivity index (χ3n) is 3.38. The van der Waals surface area contributed by atoms with Gasteiger partial charge in [0.1, 0.15) is 6.04 Å². The van der Waals surface area contributed by atoms with Crippen LogP contribution in [-0.2, 0) is 14.3 Å². The Morgan fingerprint density at radius 3 is 2.63 bits per heavy atom. The number of aliphatic carboxylic acids is 1. The van der Waals surface area contributed by atoms with Crippen molar-refractivity contribution in [2.24, 2.45) is 0 Å². The number of likely N-dealkylation sites (tertiary alicyclic amines) is 1. The van der Waals surface area contributed by atoms with Crippen molar-refractivity contribution in [3.63, 3.8) is 0 Å². The van der Waals surface area contributed by atoms with Crippen LogP contribution in [0.5, 0.6) is 0 Å². The van der Waals surface area contributed by atoms with Gasteiger partial charge >= 0.3 is 5.97 Å². The molecule has 1 heterocycles. The SMILES string of the molecule is CO[C@@H](C(=O)N1CCC[C@H]1C(=O)O)c1ccccc1. The highest BCUT2D eigenvalue weighted by molar-refractivity contribution is 5.87. The molecule has 0 aromatic heterocycles. The lowest BCUT2D eigenvalue weighted by molar-refractivity contribution is -0.153. The number of carbonyl (C=O) groups excluding carboxylic acids is 1. The molecule has 5 nitrogen and oxygen atoms in total. The normalized spacial score (nSPS) is 20.3. The van der Waals surface area contributed by atoms with Crippen molar-refractivity contribution < 1.29 is 19.4 Å². The van der Waals surface area contributed by atoms with Crippen LogP contribution in [0.3, 0.4) is 0 Å². The third kappa shape index (κ3) is 2.76. The number of carboxylic acid groups (broad SMARTS) is 1. The van der Waals surface area contributed by atoms with E-state index in [1.165, 1.54) is 12.0 Å². The molecule has 19 heavy (non-hydrogen) atoms. The molecule has 1 aromatic rings. The molecule has 1 fully saturated rings. The van der Waals surface area contributed by atoms with Gasteiger partial charge in [-0.15, -0.1) is 0 Å². The van der Waals surface area contributed by atoms with Crippen LogP contribution >= 0.6 is 0 Å². The first-order valence-electron chi connectivity index (χ1n) is 6.26. The predicted octanol–water partition coefficient (Wildman–Crippen LogP) is 1.45. The zero-order valence-corrected chi connectivity index (χ0v) is 10.8. The van der Waals surface area contributed by atoms with Crippen LogP contribution in [0.25, 0.3) is 0 Å². The average molecular weight is 263 g/mol. The van der Waals surface area contributed by atoms with E-state index in [1.807, 2.05) is 18.2 Å². The minimum absolute atomic E-state index is 0.279. The van der Waals surface area contributed by atoms with Crippen molar-refractivity contribution in [3.8, 4) is 0 Å². The molecule has 0 aliphatic carbocycles. The van der Waals surface area contributed by atoms with Crippen LogP contribution < -0.4 is 0 Å². The molecule has 0 unspecified atom stereocenters. The fourth-order valence-electron chi connectivity index (χ4n) is 2.45. The minimum atomic E-state index is -0.950. The number of nitrogens with zero attached hydrogens (tertiary/aromatic N) is 1. The van der Waals surface area contributed by atoms with Crippen molar-refractivity contribution >= 4 is 11.9 Å². The van der Waals surface area contributed by atoms with Gasteiger partial charge < -0.3 is 14.7 Å². The van der Waals surface area contributed by atoms with Crippen LogP contribution in [-0.4, -0.2) is 41.6 Å². The highest BCUT2D eigenvalue weighted by Crippen LogP contribution is 2.25. The summed E-state index contributed by atoms with van der Waals surface area (Å²) in [7, 11) is 1.46. The molecule has 0 bridgehead atoms. The molecule has 5 heteroatoms. The van der Waals surface area contributed by atoms with Crippen molar-refractivity contribution in [1.29, 1.82) is 0 Å². The Bertz CT molecular complexity index is 460. The van der Waals surface area contributed by atoms with Gasteiger partial charge in [-0.1, -0.05) is 30.3 Å². The van der Waals surface area contributed by atoms with E-state index in [4.69, 9.17) is 9.84 Å². The molecule has 1 N–H and O–H groups in total. The fraction of sp³-hybridized carbons (Fsp3) is 0.429. The number of amides is 1. The van der Waals surface area contributed by atoms with Gasteiger partial charge in [0.05, 0.1) is 0 Å². The largest absolute Gasteiger partial charge is 0.480 e. The van der Waals surface area contributed by atoms with Crippen molar-refractivity contribution in [2.75, 3.05) is 13.7 Å². The summed E-state index contributed by atoms with van der Waals surface area (Å²) < 4.78 is 5.25. The van der Waals surface area contributed by atoms with Gasteiger partial charge in [0, 0.05) is 13.7 Å². The van der Waals surface area contributed by atoms with Gasteiger partial charge in [0.25, 0.3) is 5.91 Å². The Balaban J connectivity index is 2.19. The van der Waals surface area contributed by atoms with E-state index < -0.39 is 18.1 Å². The molecule has 1 amide bonds. The molecule has 2 rings (SSSR count). The van der Waals surface area contributed by atoms with E-state index >= 15 is 0 Å². The summed E-state index contributed by atoms with van der Waals surface area (Å²) >= 11 is 0. The molecule has 0 saturated carbocycles. The Kier molecular flexibility index (Phi) is 4.16. The van der Waals surface area contributed by atoms with Crippen LogP contribution in [0.1, 0.15) is 24.5 Å². The lowest BCUT2D eigenvalue weighted by Gasteiger charge is -2.26. The molecule has 102 valence electrons. The quantitative estimate of drug-likeness (QED) is 0.892. The van der Waals surface area contributed by atoms with Crippen LogP contribution in [0.15, 0.2) is 30.3 Å². The van der Waals surface area contributed by atoms with Crippen molar-refractivity contribution in [1.82, 2.24) is 4.90 Å². The molecule has 1 aliphatic heterocycles. The summed E-state index contributed by atoms with van der Waals surface area (Å²) in [4.78, 5) is 25.0. The number of carbonyl (C=O) groups is 2. The highest BCUT2D eigenvalue weighted by atomic mass is 16.5. The number of carboxylic acids is 1. The van der Waals surface area contributed by atoms with Crippen molar-refractivity contribution in [2.45, 2.75) is 25.0 Å². The third-order valence-corrected chi connectivity index (χ3v) is 3.38. The van der Waals surface area contributed by atoms with E-state index in [1.54, 1.807) is 12.1 Å². The van der Waals surface area contributed by atoms with E-state index in [0.29, 0.717) is 19.4 Å². The second-order valence-electron chi connectivity index (χ2n) is 4.55. The Morgan fingerprint density at radius 2 is 2.05 bits per heavy atom. The number of hydrogen-bond donors (Lipinski definition) is 1. The number of methoxy groups -OCH3 is 1. The van der Waals surface area contributed by atoms with E-state index in [-0.39, 0.29) is 5.91 Å². The summed E-state index contributed by atoms with van der Waals surface area (Å²) in [6, 6.07) is 8.39. The maximum atomic E-state index is 12.4. The molecule has 1 saturated heterocycles. The summed E-state index contributed by atoms with van der Waals surface area (Å²) in [5, 5.41) is 9.12. The maximum Gasteiger partial charge on any atom is 0.326 e. The van der Waals surface area contributed by atoms with E-state index in [0.717, 1.165) is 5.56 Å². The van der Waals surface area contributed by atoms with Gasteiger partial charge in [-0.25, -0.2) is 4.79 Å². The molecular weight excluding hydrogens is 246 g/mol. The number of hydrogen-bond acceptors (Lipinski definition) is 3. The van der Waals surface area contributed by atoms with Gasteiger partial charge in [0.2, 0.25) is 0 Å². The summed E-state index contributed by atoms with van der Waals surface area (Å²) in [6.07, 6.45) is 0.487. The minimum Gasteiger partial charge on any atom is -0.480 e. The second-order valence-corrected chi connectivity index (χ2v) is 4.55. The Morgan fingerprint density at radius 1 is 1.37 bits per heavy atom. The van der Waals surface area contributed by atoms with Crippen LogP contribution in [0.4, 0.5) is 0 Å². The van der Waals surface area contributed by atoms with Gasteiger partial charge in [-0.05, 0) is 18.4 Å². The average Bonchev–Trinajstić information content (AvgIpc) is 2.90. The lowest BCUT2D eigenvalue weighted by Crippen LogP contribution is -2.43. The highest BCUT2D eigenvalue weighted by Gasteiger charge is 2.37. The number of ether oxygens (including phenoxy) is 1. The van der Waals surface area contributed by atoms with Crippen LogP contribution in [0.2, 0.25) is 0 Å². The van der Waals surface area contributed by atoms with E-state index in [2.05, 4.69) is 0 Å². The second kappa shape index (κ2) is 5.84. The van der Waals surface area contributed by atoms with Crippen molar-refractivity contribution in [3.05, 3.63) is 35.9 Å². The standard InChI is InChI=1S/C14H17NO4/c1-19-12(10-6-3-2-4-7-10)13(16)15-9-5-8-11(15)14(17)18/h2-4,6-7,11-12H,5,8-9H2,1H3,(H,17,18)/t11-,12+/m0/s1. The van der Waals surface area contributed by atoms with Gasteiger partial charge in [0.15, 0.2) is 6.10 Å². The summed E-state index contributed by atoms with van der Waals surface area (Å²) in [5.41, 5.74) is 0.742. The molecular formula is C14H17NO4. The predicted molar refractivity (Wildman–Crippen MR) is 68.6 cm³/mol. The van der Waals surface area contributed by atoms with Gasteiger partial charge in [-0.2, -0.15) is 0 Å². The maximum absolute atomic E-state index is 12.4. The lowest BCUT2D eigenvalue weighted by atomic mass is 10.1. The van der Waals surface area contributed by atoms with Gasteiger partial charge in [-0.3, -0.25) is 4.79 Å². The molecule has 1 aliphatic rings.